The van der Waals surface area contributed by atoms with E-state index in [2.05, 4.69) is 9.88 Å². The summed E-state index contributed by atoms with van der Waals surface area (Å²) >= 11 is 1.45. The van der Waals surface area contributed by atoms with Crippen LogP contribution in [0.1, 0.15) is 66.1 Å². The molecular formula is C24H29F3N2O2S. The quantitative estimate of drug-likeness (QED) is 0.587. The summed E-state index contributed by atoms with van der Waals surface area (Å²) in [5, 5.41) is 11.5. The van der Waals surface area contributed by atoms with Crippen LogP contribution in [-0.4, -0.2) is 41.1 Å². The summed E-state index contributed by atoms with van der Waals surface area (Å²) in [6.45, 7) is 1.60. The summed E-state index contributed by atoms with van der Waals surface area (Å²) in [5.41, 5.74) is 1.81. The lowest BCUT2D eigenvalue weighted by Gasteiger charge is -2.26. The first-order valence-electron chi connectivity index (χ1n) is 11.3. The maximum atomic E-state index is 13.9. The van der Waals surface area contributed by atoms with Crippen LogP contribution in [0.4, 0.5) is 13.2 Å². The van der Waals surface area contributed by atoms with Gasteiger partial charge in [-0.05, 0) is 81.2 Å². The third kappa shape index (κ3) is 5.34. The molecule has 0 saturated heterocycles. The van der Waals surface area contributed by atoms with Gasteiger partial charge in [-0.2, -0.15) is 13.2 Å². The van der Waals surface area contributed by atoms with E-state index in [9.17, 15) is 18.0 Å². The second-order valence-electron chi connectivity index (χ2n) is 9.19. The Morgan fingerprint density at radius 1 is 1.16 bits per heavy atom. The van der Waals surface area contributed by atoms with Crippen molar-refractivity contribution in [1.82, 2.24) is 9.88 Å². The number of carboxylic acids is 1. The van der Waals surface area contributed by atoms with Crippen LogP contribution in [0.3, 0.4) is 0 Å². The van der Waals surface area contributed by atoms with Crippen LogP contribution in [0.5, 0.6) is 0 Å². The molecule has 0 spiro atoms. The van der Waals surface area contributed by atoms with Gasteiger partial charge in [0.1, 0.15) is 0 Å². The standard InChI is InChI=1S/C24H29F3N2O2S/c1-29-10-8-17-12-19(20(24(25,26)27)13-18(17)9-11-29)21-14-32-23(28-21)16-5-2-15(3-6-16)4-7-22(30)31/h12-16H,2-11H2,1H3,(H,30,31)/t15-,16-. The van der Waals surface area contributed by atoms with Gasteiger partial charge in [-0.1, -0.05) is 0 Å². The molecule has 1 aromatic carbocycles. The number of aliphatic carboxylic acids is 1. The number of rotatable bonds is 5. The second-order valence-corrected chi connectivity index (χ2v) is 10.1. The molecule has 0 amide bonds. The maximum absolute atomic E-state index is 13.9. The fraction of sp³-hybridized carbons (Fsp3) is 0.583. The number of carbonyl (C=O) groups is 1. The molecule has 0 radical (unpaired) electrons. The predicted octanol–water partition coefficient (Wildman–Crippen LogP) is 6.00. The SMILES string of the molecule is CN1CCc2cc(-c3csc([C@H]4CC[C@H](CCC(=O)O)CC4)n3)c(C(F)(F)F)cc2CC1. The van der Waals surface area contributed by atoms with Crippen molar-refractivity contribution in [2.45, 2.75) is 63.5 Å². The molecule has 174 valence electrons. The summed E-state index contributed by atoms with van der Waals surface area (Å²) in [6, 6.07) is 3.06. The van der Waals surface area contributed by atoms with Gasteiger partial charge in [-0.15, -0.1) is 11.3 Å². The van der Waals surface area contributed by atoms with Crippen molar-refractivity contribution in [2.75, 3.05) is 20.1 Å². The minimum Gasteiger partial charge on any atom is -0.481 e. The van der Waals surface area contributed by atoms with Crippen LogP contribution in [0.2, 0.25) is 0 Å². The molecule has 0 atom stereocenters. The molecule has 2 heterocycles. The highest BCUT2D eigenvalue weighted by Crippen LogP contribution is 2.43. The van der Waals surface area contributed by atoms with Gasteiger partial charge >= 0.3 is 12.1 Å². The number of halogens is 3. The lowest BCUT2D eigenvalue weighted by atomic mass is 9.80. The average molecular weight is 467 g/mol. The van der Waals surface area contributed by atoms with E-state index >= 15 is 0 Å². The Kier molecular flexibility index (Phi) is 6.91. The highest BCUT2D eigenvalue weighted by atomic mass is 32.1. The molecule has 1 aliphatic heterocycles. The van der Waals surface area contributed by atoms with Gasteiger partial charge in [-0.3, -0.25) is 4.79 Å². The van der Waals surface area contributed by atoms with Crippen LogP contribution >= 0.6 is 11.3 Å². The number of likely N-dealkylation sites (N-methyl/N-ethyl adjacent to an activating group) is 1. The summed E-state index contributed by atoms with van der Waals surface area (Å²) in [5.74, 6) is -0.0930. The molecule has 1 aromatic heterocycles. The second kappa shape index (κ2) is 9.51. The van der Waals surface area contributed by atoms with Crippen LogP contribution in [0.15, 0.2) is 17.5 Å². The summed E-state index contributed by atoms with van der Waals surface area (Å²) < 4.78 is 41.8. The zero-order valence-corrected chi connectivity index (χ0v) is 19.1. The number of fused-ring (bicyclic) bond motifs is 1. The number of hydrogen-bond donors (Lipinski definition) is 1. The Morgan fingerprint density at radius 3 is 2.44 bits per heavy atom. The van der Waals surface area contributed by atoms with Gasteiger partial charge in [0.15, 0.2) is 0 Å². The normalized spacial score (nSPS) is 22.4. The van der Waals surface area contributed by atoms with Crippen molar-refractivity contribution in [3.63, 3.8) is 0 Å². The fourth-order valence-electron chi connectivity index (χ4n) is 4.96. The fourth-order valence-corrected chi connectivity index (χ4v) is 5.95. The minimum absolute atomic E-state index is 0.193. The van der Waals surface area contributed by atoms with Crippen LogP contribution < -0.4 is 0 Å². The Bertz CT molecular complexity index is 965. The minimum atomic E-state index is -4.42. The van der Waals surface area contributed by atoms with Crippen molar-refractivity contribution in [2.24, 2.45) is 5.92 Å². The van der Waals surface area contributed by atoms with Crippen molar-refractivity contribution >= 4 is 17.3 Å². The molecule has 1 fully saturated rings. The predicted molar refractivity (Wildman–Crippen MR) is 119 cm³/mol. The molecule has 1 saturated carbocycles. The van der Waals surface area contributed by atoms with Crippen molar-refractivity contribution in [1.29, 1.82) is 0 Å². The Balaban J connectivity index is 1.55. The van der Waals surface area contributed by atoms with E-state index in [-0.39, 0.29) is 17.9 Å². The number of aromatic nitrogens is 1. The highest BCUT2D eigenvalue weighted by Gasteiger charge is 2.36. The summed E-state index contributed by atoms with van der Waals surface area (Å²) in [4.78, 5) is 17.6. The number of thiazole rings is 1. The molecule has 1 aliphatic carbocycles. The lowest BCUT2D eigenvalue weighted by Crippen LogP contribution is -2.20. The summed E-state index contributed by atoms with van der Waals surface area (Å²) in [7, 11) is 2.00. The Morgan fingerprint density at radius 2 is 1.81 bits per heavy atom. The first-order valence-corrected chi connectivity index (χ1v) is 12.2. The number of alkyl halides is 3. The highest BCUT2D eigenvalue weighted by molar-refractivity contribution is 7.10. The molecule has 2 aliphatic rings. The molecule has 0 unspecified atom stereocenters. The van der Waals surface area contributed by atoms with Crippen LogP contribution in [0, 0.1) is 5.92 Å². The van der Waals surface area contributed by atoms with Gasteiger partial charge in [0, 0.05) is 36.4 Å². The largest absolute Gasteiger partial charge is 0.481 e. The first-order chi connectivity index (χ1) is 15.2. The van der Waals surface area contributed by atoms with Crippen molar-refractivity contribution < 1.29 is 23.1 Å². The number of nitrogens with zero attached hydrogens (tertiary/aromatic N) is 2. The van der Waals surface area contributed by atoms with Gasteiger partial charge in [0.25, 0.3) is 0 Å². The Labute approximate surface area is 190 Å². The number of benzene rings is 1. The molecular weight excluding hydrogens is 437 g/mol. The van der Waals surface area contributed by atoms with Crippen LogP contribution in [-0.2, 0) is 23.8 Å². The van der Waals surface area contributed by atoms with E-state index in [4.69, 9.17) is 5.11 Å². The number of hydrogen-bond acceptors (Lipinski definition) is 4. The van der Waals surface area contributed by atoms with E-state index in [1.54, 1.807) is 11.4 Å². The molecule has 4 nitrogen and oxygen atoms in total. The Hall–Kier alpha value is -1.93. The summed E-state index contributed by atoms with van der Waals surface area (Å²) in [6.07, 6.45) is 1.58. The molecule has 8 heteroatoms. The van der Waals surface area contributed by atoms with E-state index in [1.165, 1.54) is 17.4 Å². The van der Waals surface area contributed by atoms with Crippen molar-refractivity contribution in [3.8, 4) is 11.3 Å². The van der Waals surface area contributed by atoms with E-state index in [1.807, 2.05) is 7.05 Å². The third-order valence-corrected chi connectivity index (χ3v) is 7.94. The molecule has 2 aromatic rings. The van der Waals surface area contributed by atoms with E-state index in [0.717, 1.165) is 61.3 Å². The zero-order chi connectivity index (χ0) is 22.9. The van der Waals surface area contributed by atoms with Gasteiger partial charge < -0.3 is 10.0 Å². The average Bonchev–Trinajstić information content (AvgIpc) is 3.17. The van der Waals surface area contributed by atoms with Crippen molar-refractivity contribution in [3.05, 3.63) is 39.2 Å². The van der Waals surface area contributed by atoms with Gasteiger partial charge in [-0.25, -0.2) is 4.98 Å². The van der Waals surface area contributed by atoms with E-state index < -0.39 is 17.7 Å². The smallest absolute Gasteiger partial charge is 0.417 e. The van der Waals surface area contributed by atoms with Crippen LogP contribution in [0.25, 0.3) is 11.3 Å². The third-order valence-electron chi connectivity index (χ3n) is 6.93. The first kappa shape index (κ1) is 23.2. The monoisotopic (exact) mass is 466 g/mol. The molecule has 32 heavy (non-hydrogen) atoms. The number of carboxylic acid groups (broad SMARTS) is 1. The molecule has 1 N–H and O–H groups in total. The lowest BCUT2D eigenvalue weighted by molar-refractivity contribution is -0.138. The van der Waals surface area contributed by atoms with Gasteiger partial charge in [0.05, 0.1) is 16.3 Å². The zero-order valence-electron chi connectivity index (χ0n) is 18.2. The maximum Gasteiger partial charge on any atom is 0.417 e. The van der Waals surface area contributed by atoms with Gasteiger partial charge in [0.2, 0.25) is 0 Å². The molecule has 4 rings (SSSR count). The topological polar surface area (TPSA) is 53.4 Å². The van der Waals surface area contributed by atoms with E-state index in [0.29, 0.717) is 24.5 Å². The molecule has 0 bridgehead atoms.